The number of nitrogens with zero attached hydrogens (tertiary/aromatic N) is 2. The standard InChI is InChI=1S/C19H23N3O3/c1-13-7-8-16(14(2)11-13)19(24)25-12-18(23)21-17-9-10-20-22(17)15-5-3-4-6-15/h7-11,15H,3-6,12H2,1-2H3,(H,21,23). The molecule has 0 atom stereocenters. The van der Waals surface area contributed by atoms with Crippen molar-refractivity contribution in [2.75, 3.05) is 11.9 Å². The van der Waals surface area contributed by atoms with Crippen molar-refractivity contribution in [1.82, 2.24) is 9.78 Å². The van der Waals surface area contributed by atoms with Crippen molar-refractivity contribution in [1.29, 1.82) is 0 Å². The molecule has 1 aliphatic rings. The molecule has 0 radical (unpaired) electrons. The minimum atomic E-state index is -0.489. The minimum absolute atomic E-state index is 0.317. The molecule has 25 heavy (non-hydrogen) atoms. The highest BCUT2D eigenvalue weighted by Gasteiger charge is 2.21. The summed E-state index contributed by atoms with van der Waals surface area (Å²) >= 11 is 0. The molecule has 1 aromatic heterocycles. The quantitative estimate of drug-likeness (QED) is 0.846. The predicted molar refractivity (Wildman–Crippen MR) is 94.6 cm³/mol. The van der Waals surface area contributed by atoms with Crippen LogP contribution in [0.15, 0.2) is 30.5 Å². The first-order valence-corrected chi connectivity index (χ1v) is 8.62. The van der Waals surface area contributed by atoms with Gasteiger partial charge in [0.15, 0.2) is 6.61 Å². The van der Waals surface area contributed by atoms with E-state index >= 15 is 0 Å². The van der Waals surface area contributed by atoms with E-state index in [0.717, 1.165) is 24.0 Å². The van der Waals surface area contributed by atoms with Crippen LogP contribution < -0.4 is 5.32 Å². The maximum atomic E-state index is 12.1. The molecule has 1 N–H and O–H groups in total. The summed E-state index contributed by atoms with van der Waals surface area (Å²) in [6.07, 6.45) is 6.20. The molecular formula is C19H23N3O3. The Hall–Kier alpha value is -2.63. The van der Waals surface area contributed by atoms with E-state index in [9.17, 15) is 9.59 Å². The highest BCUT2D eigenvalue weighted by molar-refractivity contribution is 5.95. The third kappa shape index (κ3) is 4.07. The molecule has 3 rings (SSSR count). The Morgan fingerprint density at radius 1 is 1.24 bits per heavy atom. The fourth-order valence-electron chi connectivity index (χ4n) is 3.28. The summed E-state index contributed by atoms with van der Waals surface area (Å²) in [6, 6.07) is 7.59. The first kappa shape index (κ1) is 17.2. The molecule has 0 saturated heterocycles. The maximum absolute atomic E-state index is 12.1. The van der Waals surface area contributed by atoms with Gasteiger partial charge >= 0.3 is 5.97 Å². The highest BCUT2D eigenvalue weighted by atomic mass is 16.5. The van der Waals surface area contributed by atoms with Crippen molar-refractivity contribution < 1.29 is 14.3 Å². The lowest BCUT2D eigenvalue weighted by Gasteiger charge is -2.14. The molecule has 1 fully saturated rings. The van der Waals surface area contributed by atoms with Crippen molar-refractivity contribution >= 4 is 17.7 Å². The average molecular weight is 341 g/mol. The van der Waals surface area contributed by atoms with E-state index < -0.39 is 5.97 Å². The molecule has 2 aromatic rings. The van der Waals surface area contributed by atoms with E-state index in [1.54, 1.807) is 18.3 Å². The third-order valence-electron chi connectivity index (χ3n) is 4.54. The van der Waals surface area contributed by atoms with Crippen LogP contribution in [0.25, 0.3) is 0 Å². The van der Waals surface area contributed by atoms with E-state index in [0.29, 0.717) is 17.4 Å². The van der Waals surface area contributed by atoms with Crippen molar-refractivity contribution in [3.63, 3.8) is 0 Å². The van der Waals surface area contributed by atoms with E-state index in [-0.39, 0.29) is 12.5 Å². The molecular weight excluding hydrogens is 318 g/mol. The Balaban J connectivity index is 1.56. The van der Waals surface area contributed by atoms with Gasteiger partial charge in [-0.25, -0.2) is 9.48 Å². The fourth-order valence-corrected chi connectivity index (χ4v) is 3.28. The summed E-state index contributed by atoms with van der Waals surface area (Å²) in [7, 11) is 0. The zero-order valence-electron chi connectivity index (χ0n) is 14.6. The Morgan fingerprint density at radius 2 is 2.00 bits per heavy atom. The number of aryl methyl sites for hydroxylation is 2. The summed E-state index contributed by atoms with van der Waals surface area (Å²) in [5, 5.41) is 7.09. The lowest BCUT2D eigenvalue weighted by Crippen LogP contribution is -2.23. The Morgan fingerprint density at radius 3 is 2.72 bits per heavy atom. The smallest absolute Gasteiger partial charge is 0.338 e. The van der Waals surface area contributed by atoms with Crippen LogP contribution in [0, 0.1) is 13.8 Å². The van der Waals surface area contributed by atoms with Gasteiger partial charge < -0.3 is 10.1 Å². The number of benzene rings is 1. The summed E-state index contributed by atoms with van der Waals surface area (Å²) in [4.78, 5) is 24.3. The number of esters is 1. The number of rotatable bonds is 5. The van der Waals surface area contributed by atoms with Crippen LogP contribution >= 0.6 is 0 Å². The van der Waals surface area contributed by atoms with Crippen LogP contribution in [0.4, 0.5) is 5.82 Å². The van der Waals surface area contributed by atoms with Crippen molar-refractivity contribution in [3.8, 4) is 0 Å². The van der Waals surface area contributed by atoms with Gasteiger partial charge in [-0.2, -0.15) is 5.10 Å². The maximum Gasteiger partial charge on any atom is 0.338 e. The molecule has 6 nitrogen and oxygen atoms in total. The molecule has 0 bridgehead atoms. The molecule has 1 heterocycles. The van der Waals surface area contributed by atoms with Gasteiger partial charge in [-0.05, 0) is 38.3 Å². The van der Waals surface area contributed by atoms with Gasteiger partial charge in [-0.15, -0.1) is 0 Å². The van der Waals surface area contributed by atoms with Crippen molar-refractivity contribution in [2.24, 2.45) is 0 Å². The number of aromatic nitrogens is 2. The zero-order valence-corrected chi connectivity index (χ0v) is 14.6. The normalized spacial score (nSPS) is 14.5. The minimum Gasteiger partial charge on any atom is -0.452 e. The molecule has 0 aliphatic heterocycles. The summed E-state index contributed by atoms with van der Waals surface area (Å²) in [6.45, 7) is 3.49. The number of nitrogens with one attached hydrogen (secondary N) is 1. The molecule has 132 valence electrons. The number of hydrogen-bond donors (Lipinski definition) is 1. The van der Waals surface area contributed by atoms with Gasteiger partial charge in [-0.1, -0.05) is 30.5 Å². The van der Waals surface area contributed by atoms with E-state index in [4.69, 9.17) is 4.74 Å². The van der Waals surface area contributed by atoms with E-state index in [1.807, 2.05) is 30.7 Å². The van der Waals surface area contributed by atoms with Crippen LogP contribution in [0.5, 0.6) is 0 Å². The Bertz CT molecular complexity index is 776. The summed E-state index contributed by atoms with van der Waals surface area (Å²) in [5.41, 5.74) is 2.39. The molecule has 1 amide bonds. The van der Waals surface area contributed by atoms with Gasteiger partial charge in [0, 0.05) is 6.07 Å². The van der Waals surface area contributed by atoms with Gasteiger partial charge in [0.1, 0.15) is 5.82 Å². The van der Waals surface area contributed by atoms with Gasteiger partial charge in [0.2, 0.25) is 0 Å². The molecule has 1 aliphatic carbocycles. The van der Waals surface area contributed by atoms with E-state index in [1.165, 1.54) is 12.8 Å². The second-order valence-electron chi connectivity index (χ2n) is 6.54. The summed E-state index contributed by atoms with van der Waals surface area (Å²) < 4.78 is 7.00. The van der Waals surface area contributed by atoms with Crippen LogP contribution in [-0.4, -0.2) is 28.3 Å². The second-order valence-corrected chi connectivity index (χ2v) is 6.54. The first-order chi connectivity index (χ1) is 12.0. The number of carbonyl (C=O) groups excluding carboxylic acids is 2. The Labute approximate surface area is 147 Å². The number of anilines is 1. The monoisotopic (exact) mass is 341 g/mol. The second kappa shape index (κ2) is 7.51. The number of carbonyl (C=O) groups is 2. The highest BCUT2D eigenvalue weighted by Crippen LogP contribution is 2.31. The van der Waals surface area contributed by atoms with Crippen molar-refractivity contribution in [2.45, 2.75) is 45.6 Å². The molecule has 6 heteroatoms. The number of hydrogen-bond acceptors (Lipinski definition) is 4. The third-order valence-corrected chi connectivity index (χ3v) is 4.54. The molecule has 1 saturated carbocycles. The van der Waals surface area contributed by atoms with Crippen LogP contribution in [0.1, 0.15) is 53.2 Å². The number of ether oxygens (including phenoxy) is 1. The largest absolute Gasteiger partial charge is 0.452 e. The van der Waals surface area contributed by atoms with Gasteiger partial charge in [0.05, 0.1) is 17.8 Å². The molecule has 0 unspecified atom stereocenters. The Kier molecular flexibility index (Phi) is 5.16. The number of amides is 1. The van der Waals surface area contributed by atoms with Gasteiger partial charge in [-0.3, -0.25) is 4.79 Å². The molecule has 1 aromatic carbocycles. The lowest BCUT2D eigenvalue weighted by molar-refractivity contribution is -0.119. The van der Waals surface area contributed by atoms with Crippen LogP contribution in [-0.2, 0) is 9.53 Å². The first-order valence-electron chi connectivity index (χ1n) is 8.62. The zero-order chi connectivity index (χ0) is 17.8. The summed E-state index contributed by atoms with van der Waals surface area (Å²) in [5.74, 6) is -0.200. The van der Waals surface area contributed by atoms with Crippen LogP contribution in [0.3, 0.4) is 0 Å². The van der Waals surface area contributed by atoms with E-state index in [2.05, 4.69) is 10.4 Å². The van der Waals surface area contributed by atoms with Crippen LogP contribution in [0.2, 0.25) is 0 Å². The lowest BCUT2D eigenvalue weighted by atomic mass is 10.1. The van der Waals surface area contributed by atoms with Crippen molar-refractivity contribution in [3.05, 3.63) is 47.2 Å². The SMILES string of the molecule is Cc1ccc(C(=O)OCC(=O)Nc2ccnn2C2CCCC2)c(C)c1. The fraction of sp³-hybridized carbons (Fsp3) is 0.421. The topological polar surface area (TPSA) is 73.2 Å². The van der Waals surface area contributed by atoms with Gasteiger partial charge in [0.25, 0.3) is 5.91 Å². The molecule has 0 spiro atoms. The average Bonchev–Trinajstić information content (AvgIpc) is 3.23. The predicted octanol–water partition coefficient (Wildman–Crippen LogP) is 3.41.